The first-order valence-electron chi connectivity index (χ1n) is 7.44. The zero-order valence-electron chi connectivity index (χ0n) is 12.5. The zero-order chi connectivity index (χ0) is 16.3. The molecule has 2 aromatic rings. The number of anilines is 1. The number of piperazine rings is 1. The van der Waals surface area contributed by atoms with Gasteiger partial charge in [-0.25, -0.2) is 0 Å². The average Bonchev–Trinajstić information content (AvgIpc) is 2.56. The van der Waals surface area contributed by atoms with Crippen molar-refractivity contribution in [3.63, 3.8) is 0 Å². The molecular formula is C16H17F3N4. The molecule has 0 atom stereocenters. The van der Waals surface area contributed by atoms with Crippen molar-refractivity contribution in [2.45, 2.75) is 12.7 Å². The second-order valence-corrected chi connectivity index (χ2v) is 5.50. The molecule has 1 fully saturated rings. The molecule has 0 amide bonds. The van der Waals surface area contributed by atoms with E-state index >= 15 is 0 Å². The molecule has 0 N–H and O–H groups in total. The minimum Gasteiger partial charge on any atom is -0.353 e. The van der Waals surface area contributed by atoms with E-state index in [4.69, 9.17) is 0 Å². The summed E-state index contributed by atoms with van der Waals surface area (Å²) < 4.78 is 39.1. The van der Waals surface area contributed by atoms with E-state index in [9.17, 15) is 13.2 Å². The Balaban J connectivity index is 1.64. The van der Waals surface area contributed by atoms with Crippen molar-refractivity contribution < 1.29 is 13.2 Å². The van der Waals surface area contributed by atoms with Crippen molar-refractivity contribution in [1.29, 1.82) is 0 Å². The predicted octanol–water partition coefficient (Wildman–Crippen LogP) is 2.82. The first-order valence-corrected chi connectivity index (χ1v) is 7.44. The zero-order valence-corrected chi connectivity index (χ0v) is 12.5. The van der Waals surface area contributed by atoms with Gasteiger partial charge in [0, 0.05) is 38.9 Å². The van der Waals surface area contributed by atoms with Crippen molar-refractivity contribution >= 4 is 5.82 Å². The molecule has 0 aliphatic carbocycles. The van der Waals surface area contributed by atoms with Crippen molar-refractivity contribution in [2.24, 2.45) is 0 Å². The van der Waals surface area contributed by atoms with Crippen LogP contribution < -0.4 is 4.90 Å². The molecular weight excluding hydrogens is 305 g/mol. The minimum atomic E-state index is -4.31. The number of benzene rings is 1. The van der Waals surface area contributed by atoms with Crippen molar-refractivity contribution in [2.75, 3.05) is 31.1 Å². The van der Waals surface area contributed by atoms with Crippen LogP contribution in [0.25, 0.3) is 0 Å². The molecule has 1 aromatic carbocycles. The van der Waals surface area contributed by atoms with Crippen LogP contribution in [0.4, 0.5) is 19.0 Å². The summed E-state index contributed by atoms with van der Waals surface area (Å²) in [5, 5.41) is 7.92. The highest BCUT2D eigenvalue weighted by Gasteiger charge is 2.33. The van der Waals surface area contributed by atoms with E-state index in [1.807, 2.05) is 17.0 Å². The van der Waals surface area contributed by atoms with E-state index in [0.29, 0.717) is 25.2 Å². The number of nitrogens with zero attached hydrogens (tertiary/aromatic N) is 4. The highest BCUT2D eigenvalue weighted by atomic mass is 19.4. The lowest BCUT2D eigenvalue weighted by atomic mass is 10.1. The molecule has 0 spiro atoms. The molecule has 3 rings (SSSR count). The lowest BCUT2D eigenvalue weighted by Crippen LogP contribution is -2.46. The Morgan fingerprint density at radius 2 is 1.70 bits per heavy atom. The molecule has 7 heteroatoms. The van der Waals surface area contributed by atoms with Crippen LogP contribution >= 0.6 is 0 Å². The van der Waals surface area contributed by atoms with Crippen LogP contribution in [0.3, 0.4) is 0 Å². The number of hydrogen-bond donors (Lipinski definition) is 0. The van der Waals surface area contributed by atoms with Crippen molar-refractivity contribution in [1.82, 2.24) is 15.1 Å². The van der Waals surface area contributed by atoms with Gasteiger partial charge in [-0.15, -0.1) is 5.10 Å². The monoisotopic (exact) mass is 322 g/mol. The SMILES string of the molecule is FC(F)(F)c1ccccc1CN1CCN(c2cccnn2)CC1. The van der Waals surface area contributed by atoms with Gasteiger partial charge in [-0.1, -0.05) is 18.2 Å². The second kappa shape index (κ2) is 6.54. The van der Waals surface area contributed by atoms with Gasteiger partial charge in [0.25, 0.3) is 0 Å². The minimum absolute atomic E-state index is 0.310. The summed E-state index contributed by atoms with van der Waals surface area (Å²) in [5.41, 5.74) is -0.218. The van der Waals surface area contributed by atoms with Gasteiger partial charge in [-0.3, -0.25) is 4.90 Å². The quantitative estimate of drug-likeness (QED) is 0.870. The van der Waals surface area contributed by atoms with Crippen molar-refractivity contribution in [3.05, 3.63) is 53.7 Å². The van der Waals surface area contributed by atoms with E-state index in [-0.39, 0.29) is 0 Å². The molecule has 0 bridgehead atoms. The van der Waals surface area contributed by atoms with E-state index < -0.39 is 11.7 Å². The molecule has 0 radical (unpaired) electrons. The highest BCUT2D eigenvalue weighted by Crippen LogP contribution is 2.32. The Morgan fingerprint density at radius 3 is 2.35 bits per heavy atom. The van der Waals surface area contributed by atoms with Gasteiger partial charge in [-0.2, -0.15) is 18.3 Å². The summed E-state index contributed by atoms with van der Waals surface area (Å²) in [6.45, 7) is 3.16. The number of hydrogen-bond acceptors (Lipinski definition) is 4. The molecule has 0 unspecified atom stereocenters. The molecule has 1 aliphatic heterocycles. The summed E-state index contributed by atoms with van der Waals surface area (Å²) >= 11 is 0. The first-order chi connectivity index (χ1) is 11.0. The largest absolute Gasteiger partial charge is 0.416 e. The normalized spacial score (nSPS) is 16.6. The van der Waals surface area contributed by atoms with Crippen LogP contribution in [0.5, 0.6) is 0 Å². The number of aromatic nitrogens is 2. The van der Waals surface area contributed by atoms with Gasteiger partial charge in [0.15, 0.2) is 5.82 Å². The van der Waals surface area contributed by atoms with Gasteiger partial charge < -0.3 is 4.90 Å². The second-order valence-electron chi connectivity index (χ2n) is 5.50. The summed E-state index contributed by atoms with van der Waals surface area (Å²) in [6.07, 6.45) is -2.69. The molecule has 1 aromatic heterocycles. The van der Waals surface area contributed by atoms with E-state index in [1.165, 1.54) is 6.07 Å². The van der Waals surface area contributed by atoms with Crippen LogP contribution in [0, 0.1) is 0 Å². The number of rotatable bonds is 3. The maximum atomic E-state index is 13.0. The topological polar surface area (TPSA) is 32.3 Å². The maximum absolute atomic E-state index is 13.0. The van der Waals surface area contributed by atoms with E-state index in [1.54, 1.807) is 18.3 Å². The lowest BCUT2D eigenvalue weighted by molar-refractivity contribution is -0.138. The average molecular weight is 322 g/mol. The van der Waals surface area contributed by atoms with Crippen molar-refractivity contribution in [3.8, 4) is 0 Å². The number of halogens is 3. The molecule has 2 heterocycles. The van der Waals surface area contributed by atoms with E-state index in [2.05, 4.69) is 15.1 Å². The third-order valence-corrected chi connectivity index (χ3v) is 3.97. The Kier molecular flexibility index (Phi) is 4.47. The number of alkyl halides is 3. The third-order valence-electron chi connectivity index (χ3n) is 3.97. The molecule has 122 valence electrons. The fraction of sp³-hybridized carbons (Fsp3) is 0.375. The summed E-state index contributed by atoms with van der Waals surface area (Å²) in [6, 6.07) is 9.50. The molecule has 23 heavy (non-hydrogen) atoms. The molecule has 1 saturated heterocycles. The van der Waals surface area contributed by atoms with Gasteiger partial charge in [0.05, 0.1) is 5.56 Å². The van der Waals surface area contributed by atoms with Crippen LogP contribution in [-0.2, 0) is 12.7 Å². The molecule has 0 saturated carbocycles. The molecule has 1 aliphatic rings. The van der Waals surface area contributed by atoms with Gasteiger partial charge in [0.2, 0.25) is 0 Å². The Labute approximate surface area is 132 Å². The summed E-state index contributed by atoms with van der Waals surface area (Å²) in [4.78, 5) is 4.14. The van der Waals surface area contributed by atoms with Gasteiger partial charge >= 0.3 is 6.18 Å². The fourth-order valence-electron chi connectivity index (χ4n) is 2.77. The fourth-order valence-corrected chi connectivity index (χ4v) is 2.77. The van der Waals surface area contributed by atoms with Gasteiger partial charge in [-0.05, 0) is 23.8 Å². The lowest BCUT2D eigenvalue weighted by Gasteiger charge is -2.35. The summed E-state index contributed by atoms with van der Waals surface area (Å²) in [5.74, 6) is 0.808. The Morgan fingerprint density at radius 1 is 0.957 bits per heavy atom. The standard InChI is InChI=1S/C16H17F3N4/c17-16(18,19)14-5-2-1-4-13(14)12-22-8-10-23(11-9-22)15-6-3-7-20-21-15/h1-7H,8-12H2. The Hall–Kier alpha value is -2.15. The molecule has 4 nitrogen and oxygen atoms in total. The maximum Gasteiger partial charge on any atom is 0.416 e. The van der Waals surface area contributed by atoms with Gasteiger partial charge in [0.1, 0.15) is 0 Å². The highest BCUT2D eigenvalue weighted by molar-refractivity contribution is 5.37. The van der Waals surface area contributed by atoms with Crippen LogP contribution in [-0.4, -0.2) is 41.3 Å². The first kappa shape index (κ1) is 15.7. The van der Waals surface area contributed by atoms with E-state index in [0.717, 1.165) is 25.0 Å². The van der Waals surface area contributed by atoms with Crippen LogP contribution in [0.2, 0.25) is 0 Å². The van der Waals surface area contributed by atoms with Crippen LogP contribution in [0.1, 0.15) is 11.1 Å². The third kappa shape index (κ3) is 3.79. The predicted molar refractivity (Wildman–Crippen MR) is 81.0 cm³/mol. The van der Waals surface area contributed by atoms with Crippen LogP contribution in [0.15, 0.2) is 42.6 Å². The summed E-state index contributed by atoms with van der Waals surface area (Å²) in [7, 11) is 0. The Bertz CT molecular complexity index is 637. The smallest absolute Gasteiger partial charge is 0.353 e.